The van der Waals surface area contributed by atoms with Crippen LogP contribution in [-0.4, -0.2) is 44.8 Å². The molecule has 2 aliphatic rings. The van der Waals surface area contributed by atoms with Gasteiger partial charge in [0.2, 0.25) is 5.90 Å². The van der Waals surface area contributed by atoms with Gasteiger partial charge in [-0.25, -0.2) is 9.79 Å². The van der Waals surface area contributed by atoms with Crippen molar-refractivity contribution >= 4 is 34.3 Å². The average molecular weight is 384 g/mol. The number of ether oxygens (including phenoxy) is 3. The van der Waals surface area contributed by atoms with Gasteiger partial charge in [-0.2, -0.15) is 0 Å². The molecule has 1 aromatic carbocycles. The number of thiophene rings is 1. The zero-order chi connectivity index (χ0) is 18.6. The topological polar surface area (TPSA) is 60.4 Å². The van der Waals surface area contributed by atoms with Gasteiger partial charge in [-0.05, 0) is 49.4 Å². The quantitative estimate of drug-likeness (QED) is 0.585. The molecule has 0 saturated carbocycles. The summed E-state index contributed by atoms with van der Waals surface area (Å²) in [6.07, 6.45) is 1.78. The van der Waals surface area contributed by atoms with Crippen molar-refractivity contribution in [3.63, 3.8) is 0 Å². The molecule has 0 atom stereocenters. The van der Waals surface area contributed by atoms with Crippen molar-refractivity contribution in [2.24, 2.45) is 4.99 Å². The summed E-state index contributed by atoms with van der Waals surface area (Å²) in [6, 6.07) is 11.4. The maximum absolute atomic E-state index is 12.2. The Morgan fingerprint density at radius 3 is 2.70 bits per heavy atom. The maximum atomic E-state index is 12.2. The highest BCUT2D eigenvalue weighted by molar-refractivity contribution is 7.16. The molecule has 0 aliphatic carbocycles. The molecule has 0 N–H and O–H groups in total. The molecule has 7 heteroatoms. The van der Waals surface area contributed by atoms with Gasteiger partial charge in [0.25, 0.3) is 0 Å². The Hall–Kier alpha value is -2.64. The lowest BCUT2D eigenvalue weighted by Gasteiger charge is -2.27. The predicted molar refractivity (Wildman–Crippen MR) is 106 cm³/mol. The van der Waals surface area contributed by atoms with E-state index in [-0.39, 0.29) is 0 Å². The van der Waals surface area contributed by atoms with Crippen LogP contribution in [0.3, 0.4) is 0 Å². The highest BCUT2D eigenvalue weighted by atomic mass is 32.1. The lowest BCUT2D eigenvalue weighted by Crippen LogP contribution is -2.35. The van der Waals surface area contributed by atoms with Crippen LogP contribution in [0.5, 0.6) is 5.75 Å². The van der Waals surface area contributed by atoms with E-state index >= 15 is 0 Å². The Morgan fingerprint density at radius 1 is 1.19 bits per heavy atom. The van der Waals surface area contributed by atoms with Crippen molar-refractivity contribution in [3.8, 4) is 5.75 Å². The summed E-state index contributed by atoms with van der Waals surface area (Å²) in [5.41, 5.74) is 1.06. The second kappa shape index (κ2) is 7.94. The van der Waals surface area contributed by atoms with Crippen molar-refractivity contribution in [2.45, 2.75) is 6.92 Å². The van der Waals surface area contributed by atoms with E-state index in [4.69, 9.17) is 14.2 Å². The molecule has 0 amide bonds. The van der Waals surface area contributed by atoms with Crippen LogP contribution >= 0.6 is 11.3 Å². The summed E-state index contributed by atoms with van der Waals surface area (Å²) >= 11 is 1.63. The second-order valence-corrected chi connectivity index (χ2v) is 7.16. The zero-order valence-electron chi connectivity index (χ0n) is 15.0. The molecule has 1 aromatic heterocycles. The van der Waals surface area contributed by atoms with Gasteiger partial charge in [-0.1, -0.05) is 0 Å². The Bertz CT molecular complexity index is 880. The third kappa shape index (κ3) is 4.04. The third-order valence-electron chi connectivity index (χ3n) is 4.25. The highest BCUT2D eigenvalue weighted by Crippen LogP contribution is 2.29. The standard InChI is InChI=1S/C20H20N2O4S/c1-2-25-15-5-3-14(4-6-15)19-21-17(20(23)26-19)13-16-7-8-18(27-16)22-9-11-24-12-10-22/h3-8,13H,2,9-12H2,1H3/b17-13-. The van der Waals surface area contributed by atoms with Gasteiger partial charge in [0.15, 0.2) is 5.70 Å². The van der Waals surface area contributed by atoms with Crippen LogP contribution in [0.1, 0.15) is 17.4 Å². The van der Waals surface area contributed by atoms with E-state index in [1.165, 1.54) is 5.00 Å². The summed E-state index contributed by atoms with van der Waals surface area (Å²) in [5.74, 6) is 0.663. The zero-order valence-corrected chi connectivity index (χ0v) is 15.8. The number of carbonyl (C=O) groups is 1. The number of morpholine rings is 1. The number of carbonyl (C=O) groups excluding carboxylic acids is 1. The summed E-state index contributed by atoms with van der Waals surface area (Å²) in [4.78, 5) is 19.8. The number of cyclic esters (lactones) is 1. The first-order chi connectivity index (χ1) is 13.2. The molecule has 0 spiro atoms. The fourth-order valence-corrected chi connectivity index (χ4v) is 3.90. The minimum absolute atomic E-state index is 0.314. The van der Waals surface area contributed by atoms with Gasteiger partial charge in [0, 0.05) is 23.5 Å². The molecule has 2 aromatic rings. The molecule has 0 radical (unpaired) electrons. The van der Waals surface area contributed by atoms with Crippen LogP contribution in [0, 0.1) is 0 Å². The van der Waals surface area contributed by atoms with E-state index in [0.717, 1.165) is 42.5 Å². The smallest absolute Gasteiger partial charge is 0.363 e. The largest absolute Gasteiger partial charge is 0.494 e. The van der Waals surface area contributed by atoms with Crippen LogP contribution in [0.15, 0.2) is 47.1 Å². The molecule has 0 bridgehead atoms. The number of hydrogen-bond donors (Lipinski definition) is 0. The van der Waals surface area contributed by atoms with Gasteiger partial charge in [-0.15, -0.1) is 11.3 Å². The van der Waals surface area contributed by atoms with Crippen molar-refractivity contribution < 1.29 is 19.0 Å². The highest BCUT2D eigenvalue weighted by Gasteiger charge is 2.24. The lowest BCUT2D eigenvalue weighted by atomic mass is 10.2. The van der Waals surface area contributed by atoms with Crippen molar-refractivity contribution in [1.29, 1.82) is 0 Å². The second-order valence-electron chi connectivity index (χ2n) is 6.07. The third-order valence-corrected chi connectivity index (χ3v) is 5.34. The van der Waals surface area contributed by atoms with E-state index in [2.05, 4.69) is 16.0 Å². The number of hydrogen-bond acceptors (Lipinski definition) is 7. The van der Waals surface area contributed by atoms with E-state index in [0.29, 0.717) is 18.2 Å². The molecule has 140 valence electrons. The van der Waals surface area contributed by atoms with Crippen LogP contribution in [0.25, 0.3) is 6.08 Å². The predicted octanol–water partition coefficient (Wildman–Crippen LogP) is 3.33. The Labute approximate surface area is 161 Å². The van der Waals surface area contributed by atoms with Gasteiger partial charge in [0.1, 0.15) is 5.75 Å². The van der Waals surface area contributed by atoms with E-state index in [1.807, 2.05) is 37.3 Å². The van der Waals surface area contributed by atoms with Crippen LogP contribution in [0.4, 0.5) is 5.00 Å². The number of benzene rings is 1. The summed E-state index contributed by atoms with van der Waals surface area (Å²) in [5, 5.41) is 1.17. The summed E-state index contributed by atoms with van der Waals surface area (Å²) < 4.78 is 16.2. The molecular formula is C20H20N2O4S. The van der Waals surface area contributed by atoms with Crippen molar-refractivity contribution in [2.75, 3.05) is 37.8 Å². The SMILES string of the molecule is CCOc1ccc(C2=N/C(=C\c3ccc(N4CCOCC4)s3)C(=O)O2)cc1. The van der Waals surface area contributed by atoms with Gasteiger partial charge in [0.05, 0.1) is 24.8 Å². The molecule has 27 heavy (non-hydrogen) atoms. The molecular weight excluding hydrogens is 364 g/mol. The van der Waals surface area contributed by atoms with Crippen LogP contribution in [-0.2, 0) is 14.3 Å². The van der Waals surface area contributed by atoms with E-state index < -0.39 is 5.97 Å². The van der Waals surface area contributed by atoms with Crippen LogP contribution < -0.4 is 9.64 Å². The Balaban J connectivity index is 1.51. The molecule has 2 aliphatic heterocycles. The van der Waals surface area contributed by atoms with Crippen molar-refractivity contribution in [3.05, 3.63) is 52.5 Å². The molecule has 4 rings (SSSR count). The number of anilines is 1. The maximum Gasteiger partial charge on any atom is 0.363 e. The van der Waals surface area contributed by atoms with Crippen molar-refractivity contribution in [1.82, 2.24) is 0 Å². The molecule has 0 unspecified atom stereocenters. The molecule has 1 saturated heterocycles. The van der Waals surface area contributed by atoms with Crippen LogP contribution in [0.2, 0.25) is 0 Å². The fourth-order valence-electron chi connectivity index (χ4n) is 2.90. The van der Waals surface area contributed by atoms with E-state index in [1.54, 1.807) is 17.4 Å². The van der Waals surface area contributed by atoms with Gasteiger partial charge < -0.3 is 19.1 Å². The van der Waals surface area contributed by atoms with Gasteiger partial charge >= 0.3 is 5.97 Å². The first-order valence-electron chi connectivity index (χ1n) is 8.91. The number of esters is 1. The number of nitrogens with zero attached hydrogens (tertiary/aromatic N) is 2. The minimum Gasteiger partial charge on any atom is -0.494 e. The average Bonchev–Trinajstić information content (AvgIpc) is 3.31. The Kier molecular flexibility index (Phi) is 5.22. The number of aliphatic imine (C=N–C) groups is 1. The van der Waals surface area contributed by atoms with Gasteiger partial charge in [-0.3, -0.25) is 0 Å². The minimum atomic E-state index is -0.430. The van der Waals surface area contributed by atoms with E-state index in [9.17, 15) is 4.79 Å². The lowest BCUT2D eigenvalue weighted by molar-refractivity contribution is -0.129. The molecule has 3 heterocycles. The number of rotatable bonds is 5. The monoisotopic (exact) mass is 384 g/mol. The fraction of sp³-hybridized carbons (Fsp3) is 0.300. The summed E-state index contributed by atoms with van der Waals surface area (Å²) in [7, 11) is 0. The molecule has 6 nitrogen and oxygen atoms in total. The first kappa shape index (κ1) is 17.8. The summed E-state index contributed by atoms with van der Waals surface area (Å²) in [6.45, 7) is 5.81. The Morgan fingerprint density at radius 2 is 1.96 bits per heavy atom. The molecule has 1 fully saturated rings. The normalized spacial score (nSPS) is 18.6. The first-order valence-corrected chi connectivity index (χ1v) is 9.73.